The van der Waals surface area contributed by atoms with Gasteiger partial charge in [0.05, 0.1) is 5.41 Å². The SMILES string of the molecule is CC(C)c1ccc(C(c2ccc(C(C)C)cc2)(c2ccc(C(C)C)cc2)c2ccc(C(C)(C)C)cc2)cc1. The van der Waals surface area contributed by atoms with Gasteiger partial charge in [-0.1, -0.05) is 159 Å². The highest BCUT2D eigenvalue weighted by Gasteiger charge is 2.38. The van der Waals surface area contributed by atoms with Crippen LogP contribution in [0.5, 0.6) is 0 Å². The van der Waals surface area contributed by atoms with Crippen molar-refractivity contribution in [2.24, 2.45) is 0 Å². The minimum atomic E-state index is -0.420. The summed E-state index contributed by atoms with van der Waals surface area (Å²) in [6.07, 6.45) is 0. The van der Waals surface area contributed by atoms with Gasteiger partial charge in [0.25, 0.3) is 0 Å². The van der Waals surface area contributed by atoms with E-state index in [1.807, 2.05) is 0 Å². The van der Waals surface area contributed by atoms with Gasteiger partial charge in [0.15, 0.2) is 0 Å². The van der Waals surface area contributed by atoms with Crippen LogP contribution >= 0.6 is 0 Å². The predicted octanol–water partition coefficient (Wildman–Crippen LogP) is 10.7. The Hall–Kier alpha value is -3.12. The molecule has 4 rings (SSSR count). The molecule has 0 bridgehead atoms. The molecule has 0 atom stereocenters. The Morgan fingerprint density at radius 3 is 0.763 bits per heavy atom. The molecule has 0 unspecified atom stereocenters. The van der Waals surface area contributed by atoms with E-state index in [4.69, 9.17) is 0 Å². The van der Waals surface area contributed by atoms with Crippen LogP contribution in [0.4, 0.5) is 0 Å². The van der Waals surface area contributed by atoms with E-state index in [-0.39, 0.29) is 5.41 Å². The maximum atomic E-state index is 2.36. The molecule has 0 nitrogen and oxygen atoms in total. The third kappa shape index (κ3) is 5.37. The second-order valence-corrected chi connectivity index (χ2v) is 12.9. The lowest BCUT2D eigenvalue weighted by Crippen LogP contribution is -2.31. The lowest BCUT2D eigenvalue weighted by molar-refractivity contribution is 0.589. The summed E-state index contributed by atoms with van der Waals surface area (Å²) in [4.78, 5) is 0. The first kappa shape index (κ1) is 27.9. The van der Waals surface area contributed by atoms with Crippen LogP contribution in [0.1, 0.15) is 125 Å². The third-order valence-electron chi connectivity index (χ3n) is 8.22. The topological polar surface area (TPSA) is 0 Å². The minimum absolute atomic E-state index is 0.109. The first-order valence-electron chi connectivity index (χ1n) is 14.4. The lowest BCUT2D eigenvalue weighted by Gasteiger charge is -2.38. The predicted molar refractivity (Wildman–Crippen MR) is 166 cm³/mol. The van der Waals surface area contributed by atoms with Crippen molar-refractivity contribution in [2.45, 2.75) is 90.9 Å². The van der Waals surface area contributed by atoms with Gasteiger partial charge < -0.3 is 0 Å². The van der Waals surface area contributed by atoms with Crippen LogP contribution < -0.4 is 0 Å². The number of hydrogen-bond donors (Lipinski definition) is 0. The van der Waals surface area contributed by atoms with Gasteiger partial charge in [-0.05, 0) is 67.7 Å². The molecule has 4 aromatic carbocycles. The molecule has 0 fully saturated rings. The van der Waals surface area contributed by atoms with Crippen LogP contribution in [0.3, 0.4) is 0 Å². The summed E-state index contributed by atoms with van der Waals surface area (Å²) in [7, 11) is 0. The zero-order chi connectivity index (χ0) is 27.7. The van der Waals surface area contributed by atoms with Crippen molar-refractivity contribution in [2.75, 3.05) is 0 Å². The Kier molecular flexibility index (Phi) is 8.03. The molecule has 0 aliphatic rings. The highest BCUT2D eigenvalue weighted by atomic mass is 14.4. The molecule has 0 spiro atoms. The summed E-state index contributed by atoms with van der Waals surface area (Å²) in [5.74, 6) is 1.50. The van der Waals surface area contributed by atoms with E-state index in [1.165, 1.54) is 44.5 Å². The normalized spacial score (nSPS) is 12.5. The first-order valence-corrected chi connectivity index (χ1v) is 14.4. The van der Waals surface area contributed by atoms with Gasteiger partial charge in [-0.15, -0.1) is 0 Å². The summed E-state index contributed by atoms with van der Waals surface area (Å²) in [6.45, 7) is 20.5. The van der Waals surface area contributed by atoms with Gasteiger partial charge in [0.2, 0.25) is 0 Å². The van der Waals surface area contributed by atoms with E-state index in [1.54, 1.807) is 0 Å². The molecule has 0 saturated heterocycles. The zero-order valence-electron chi connectivity index (χ0n) is 25.0. The Bertz CT molecular complexity index is 1180. The molecule has 0 radical (unpaired) electrons. The quantitative estimate of drug-likeness (QED) is 0.220. The van der Waals surface area contributed by atoms with Crippen molar-refractivity contribution in [3.63, 3.8) is 0 Å². The average Bonchev–Trinajstić information content (AvgIpc) is 2.90. The largest absolute Gasteiger partial charge is 0.0701 e. The Labute approximate surface area is 232 Å². The molecule has 4 aromatic rings. The Balaban J connectivity index is 2.06. The highest BCUT2D eigenvalue weighted by molar-refractivity contribution is 5.61. The first-order chi connectivity index (χ1) is 17.9. The fourth-order valence-corrected chi connectivity index (χ4v) is 5.57. The van der Waals surface area contributed by atoms with Gasteiger partial charge >= 0.3 is 0 Å². The standard InChI is InChI=1S/C38H46/c1-26(2)29-10-16-33(17-11-29)38(34-18-12-30(13-19-34)27(3)4,35-20-14-31(15-21-35)28(5)6)36-24-22-32(23-25-36)37(7,8)9/h10-28H,1-9H3. The van der Waals surface area contributed by atoms with E-state index in [0.29, 0.717) is 17.8 Å². The van der Waals surface area contributed by atoms with Crippen molar-refractivity contribution in [3.8, 4) is 0 Å². The molecule has 0 aromatic heterocycles. The van der Waals surface area contributed by atoms with Gasteiger partial charge in [0, 0.05) is 0 Å². The van der Waals surface area contributed by atoms with Gasteiger partial charge in [-0.25, -0.2) is 0 Å². The number of benzene rings is 4. The van der Waals surface area contributed by atoms with Crippen molar-refractivity contribution in [3.05, 3.63) is 142 Å². The van der Waals surface area contributed by atoms with Crippen LogP contribution in [0.2, 0.25) is 0 Å². The summed E-state index contributed by atoms with van der Waals surface area (Å²) in [5.41, 5.74) is 10.4. The smallest absolute Gasteiger partial charge is 0.0587 e. The van der Waals surface area contributed by atoms with E-state index >= 15 is 0 Å². The molecular weight excluding hydrogens is 456 g/mol. The fourth-order valence-electron chi connectivity index (χ4n) is 5.57. The molecule has 0 heterocycles. The zero-order valence-corrected chi connectivity index (χ0v) is 25.0. The van der Waals surface area contributed by atoms with Crippen molar-refractivity contribution < 1.29 is 0 Å². The van der Waals surface area contributed by atoms with Crippen molar-refractivity contribution in [1.29, 1.82) is 0 Å². The van der Waals surface area contributed by atoms with Crippen LogP contribution in [0, 0.1) is 0 Å². The molecule has 0 heteroatoms. The molecule has 0 N–H and O–H groups in total. The molecule has 38 heavy (non-hydrogen) atoms. The molecule has 0 saturated carbocycles. The third-order valence-corrected chi connectivity index (χ3v) is 8.22. The van der Waals surface area contributed by atoms with E-state index < -0.39 is 5.41 Å². The maximum Gasteiger partial charge on any atom is 0.0701 e. The fraction of sp³-hybridized carbons (Fsp3) is 0.368. The molecule has 0 aliphatic carbocycles. The van der Waals surface area contributed by atoms with E-state index in [0.717, 1.165) is 0 Å². The highest BCUT2D eigenvalue weighted by Crippen LogP contribution is 2.46. The summed E-state index contributed by atoms with van der Waals surface area (Å²) in [5, 5.41) is 0. The van der Waals surface area contributed by atoms with Gasteiger partial charge in [0.1, 0.15) is 0 Å². The molecular formula is C38H46. The summed E-state index contributed by atoms with van der Waals surface area (Å²) >= 11 is 0. The van der Waals surface area contributed by atoms with Crippen LogP contribution in [-0.4, -0.2) is 0 Å². The Morgan fingerprint density at radius 1 is 0.342 bits per heavy atom. The Morgan fingerprint density at radius 2 is 0.553 bits per heavy atom. The van der Waals surface area contributed by atoms with Crippen LogP contribution in [0.25, 0.3) is 0 Å². The minimum Gasteiger partial charge on any atom is -0.0587 e. The van der Waals surface area contributed by atoms with Crippen LogP contribution in [-0.2, 0) is 10.8 Å². The number of hydrogen-bond acceptors (Lipinski definition) is 0. The van der Waals surface area contributed by atoms with E-state index in [9.17, 15) is 0 Å². The summed E-state index contributed by atoms with van der Waals surface area (Å²) < 4.78 is 0. The average molecular weight is 503 g/mol. The van der Waals surface area contributed by atoms with Crippen LogP contribution in [0.15, 0.2) is 97.1 Å². The van der Waals surface area contributed by atoms with E-state index in [2.05, 4.69) is 159 Å². The maximum absolute atomic E-state index is 2.36. The molecule has 198 valence electrons. The van der Waals surface area contributed by atoms with Gasteiger partial charge in [-0.2, -0.15) is 0 Å². The monoisotopic (exact) mass is 502 g/mol. The molecule has 0 amide bonds. The summed E-state index contributed by atoms with van der Waals surface area (Å²) in [6, 6.07) is 37.5. The second kappa shape index (κ2) is 10.9. The van der Waals surface area contributed by atoms with Crippen molar-refractivity contribution in [1.82, 2.24) is 0 Å². The van der Waals surface area contributed by atoms with Gasteiger partial charge in [-0.3, -0.25) is 0 Å². The second-order valence-electron chi connectivity index (χ2n) is 12.9. The molecule has 0 aliphatic heterocycles. The number of rotatable bonds is 7. The lowest BCUT2D eigenvalue weighted by atomic mass is 9.64. The van der Waals surface area contributed by atoms with Crippen molar-refractivity contribution >= 4 is 0 Å².